The lowest BCUT2D eigenvalue weighted by Gasteiger charge is -2.26. The number of nitrogens with one attached hydrogen (secondary N) is 1. The predicted molar refractivity (Wildman–Crippen MR) is 80.2 cm³/mol. The number of hydrogen-bond acceptors (Lipinski definition) is 4. The zero-order valence-electron chi connectivity index (χ0n) is 12.5. The summed E-state index contributed by atoms with van der Waals surface area (Å²) in [6, 6.07) is 11.4. The molecular weight excluding hydrogens is 282 g/mol. The Morgan fingerprint density at radius 1 is 1.23 bits per heavy atom. The van der Waals surface area contributed by atoms with E-state index >= 15 is 0 Å². The van der Waals surface area contributed by atoms with Crippen molar-refractivity contribution in [3.63, 3.8) is 0 Å². The molecule has 1 saturated heterocycles. The van der Waals surface area contributed by atoms with E-state index in [1.165, 1.54) is 0 Å². The second kappa shape index (κ2) is 6.34. The van der Waals surface area contributed by atoms with Crippen LogP contribution in [0.5, 0.6) is 0 Å². The topological polar surface area (TPSA) is 60.6 Å². The molecule has 116 valence electrons. The lowest BCUT2D eigenvalue weighted by atomic mass is 10.0. The Bertz CT molecular complexity index is 629. The van der Waals surface area contributed by atoms with Crippen LogP contribution in [-0.2, 0) is 26.6 Å². The quantitative estimate of drug-likeness (QED) is 0.863. The van der Waals surface area contributed by atoms with Gasteiger partial charge >= 0.3 is 5.97 Å². The molecule has 0 aliphatic carbocycles. The molecule has 0 atom stereocenters. The average Bonchev–Trinajstić information content (AvgIpc) is 3.23. The van der Waals surface area contributed by atoms with E-state index in [0.717, 1.165) is 5.56 Å². The first-order valence-corrected chi connectivity index (χ1v) is 7.42. The van der Waals surface area contributed by atoms with Gasteiger partial charge in [-0.2, -0.15) is 0 Å². The van der Waals surface area contributed by atoms with Crippen LogP contribution in [0.25, 0.3) is 0 Å². The van der Waals surface area contributed by atoms with Gasteiger partial charge in [-0.25, -0.2) is 4.79 Å². The smallest absolute Gasteiger partial charge is 0.355 e. The van der Waals surface area contributed by atoms with Crippen LogP contribution >= 0.6 is 0 Å². The van der Waals surface area contributed by atoms with Gasteiger partial charge in [0, 0.05) is 18.2 Å². The van der Waals surface area contributed by atoms with Crippen molar-refractivity contribution in [2.24, 2.45) is 0 Å². The van der Waals surface area contributed by atoms with E-state index in [9.17, 15) is 4.79 Å². The molecule has 1 N–H and O–H groups in total. The molecule has 0 saturated carbocycles. The maximum atomic E-state index is 12.4. The van der Waals surface area contributed by atoms with Gasteiger partial charge in [-0.15, -0.1) is 0 Å². The van der Waals surface area contributed by atoms with Gasteiger partial charge in [-0.3, -0.25) is 0 Å². The van der Waals surface area contributed by atoms with E-state index < -0.39 is 11.8 Å². The molecule has 2 aromatic rings. The van der Waals surface area contributed by atoms with Gasteiger partial charge in [0.2, 0.25) is 0 Å². The number of aromatic nitrogens is 1. The molecule has 0 spiro atoms. The van der Waals surface area contributed by atoms with Gasteiger partial charge in [-0.1, -0.05) is 37.3 Å². The summed E-state index contributed by atoms with van der Waals surface area (Å²) in [7, 11) is 0. The van der Waals surface area contributed by atoms with E-state index in [-0.39, 0.29) is 6.61 Å². The first-order valence-electron chi connectivity index (χ1n) is 7.42. The predicted octanol–water partition coefficient (Wildman–Crippen LogP) is 2.98. The number of ether oxygens (including phenoxy) is 3. The minimum absolute atomic E-state index is 0.235. The van der Waals surface area contributed by atoms with E-state index in [2.05, 4.69) is 4.98 Å². The minimum Gasteiger partial charge on any atom is -0.456 e. The molecule has 2 heterocycles. The highest BCUT2D eigenvalue weighted by atomic mass is 16.7. The third-order valence-electron chi connectivity index (χ3n) is 3.79. The summed E-state index contributed by atoms with van der Waals surface area (Å²) in [5, 5.41) is 0. The molecule has 3 rings (SSSR count). The van der Waals surface area contributed by atoms with Crippen molar-refractivity contribution in [2.45, 2.75) is 25.7 Å². The fraction of sp³-hybridized carbons (Fsp3) is 0.353. The summed E-state index contributed by atoms with van der Waals surface area (Å²) in [5.74, 6) is -1.25. The Balaban J connectivity index is 1.75. The van der Waals surface area contributed by atoms with Crippen molar-refractivity contribution in [3.8, 4) is 0 Å². The standard InChI is InChI=1S/C17H19NO4/c1-2-17(21-10-11-22-17)14-8-9-18-15(14)16(19)20-12-13-6-4-3-5-7-13/h3-9,18H,2,10-12H2,1H3. The highest BCUT2D eigenvalue weighted by Gasteiger charge is 2.40. The summed E-state index contributed by atoms with van der Waals surface area (Å²) in [4.78, 5) is 15.3. The normalized spacial score (nSPS) is 16.6. The van der Waals surface area contributed by atoms with Gasteiger partial charge in [0.25, 0.3) is 0 Å². The van der Waals surface area contributed by atoms with Gasteiger partial charge < -0.3 is 19.2 Å². The van der Waals surface area contributed by atoms with E-state index in [4.69, 9.17) is 14.2 Å². The number of aromatic amines is 1. The molecule has 5 nitrogen and oxygen atoms in total. The van der Waals surface area contributed by atoms with Gasteiger partial charge in [0.05, 0.1) is 13.2 Å². The van der Waals surface area contributed by atoms with Crippen LogP contribution in [-0.4, -0.2) is 24.2 Å². The molecule has 1 aliphatic rings. The third-order valence-corrected chi connectivity index (χ3v) is 3.79. The molecule has 0 bridgehead atoms. The van der Waals surface area contributed by atoms with Crippen molar-refractivity contribution >= 4 is 5.97 Å². The molecular formula is C17H19NO4. The zero-order valence-corrected chi connectivity index (χ0v) is 12.5. The van der Waals surface area contributed by atoms with Crippen LogP contribution in [0.2, 0.25) is 0 Å². The number of hydrogen-bond donors (Lipinski definition) is 1. The molecule has 0 radical (unpaired) electrons. The first-order chi connectivity index (χ1) is 10.7. The summed E-state index contributed by atoms with van der Waals surface area (Å²) in [5.41, 5.74) is 2.03. The molecule has 5 heteroatoms. The number of H-pyrrole nitrogens is 1. The maximum Gasteiger partial charge on any atom is 0.355 e. The molecule has 0 unspecified atom stereocenters. The van der Waals surface area contributed by atoms with Crippen molar-refractivity contribution < 1.29 is 19.0 Å². The maximum absolute atomic E-state index is 12.4. The fourth-order valence-corrected chi connectivity index (χ4v) is 2.66. The average molecular weight is 301 g/mol. The lowest BCUT2D eigenvalue weighted by Crippen LogP contribution is -2.28. The van der Waals surface area contributed by atoms with Crippen LogP contribution in [0.15, 0.2) is 42.6 Å². The summed E-state index contributed by atoms with van der Waals surface area (Å²) < 4.78 is 16.9. The number of carbonyl (C=O) groups excluding carboxylic acids is 1. The van der Waals surface area contributed by atoms with Crippen LogP contribution in [0.1, 0.15) is 35.0 Å². The Kier molecular flexibility index (Phi) is 4.27. The Hall–Kier alpha value is -2.11. The van der Waals surface area contributed by atoms with Crippen LogP contribution in [0.3, 0.4) is 0 Å². The summed E-state index contributed by atoms with van der Waals surface area (Å²) in [6.45, 7) is 3.26. The van der Waals surface area contributed by atoms with Crippen molar-refractivity contribution in [1.82, 2.24) is 4.98 Å². The van der Waals surface area contributed by atoms with Gasteiger partial charge in [0.1, 0.15) is 12.3 Å². The first kappa shape index (κ1) is 14.8. The van der Waals surface area contributed by atoms with Crippen molar-refractivity contribution in [3.05, 3.63) is 59.4 Å². The van der Waals surface area contributed by atoms with E-state index in [1.54, 1.807) is 6.20 Å². The second-order valence-corrected chi connectivity index (χ2v) is 5.13. The molecule has 1 aromatic carbocycles. The largest absolute Gasteiger partial charge is 0.456 e. The van der Waals surface area contributed by atoms with Crippen LogP contribution in [0, 0.1) is 0 Å². The summed E-state index contributed by atoms with van der Waals surface area (Å²) in [6.07, 6.45) is 2.33. The number of benzene rings is 1. The SMILES string of the molecule is CCC1(c2cc[nH]c2C(=O)OCc2ccccc2)OCCO1. The van der Waals surface area contributed by atoms with Gasteiger partial charge in [0.15, 0.2) is 5.79 Å². The van der Waals surface area contributed by atoms with Crippen LogP contribution in [0.4, 0.5) is 0 Å². The number of carbonyl (C=O) groups is 1. The lowest BCUT2D eigenvalue weighted by molar-refractivity contribution is -0.167. The van der Waals surface area contributed by atoms with Crippen LogP contribution < -0.4 is 0 Å². The van der Waals surface area contributed by atoms with Gasteiger partial charge in [-0.05, 0) is 11.6 Å². The Labute approximate surface area is 129 Å². The van der Waals surface area contributed by atoms with Crippen molar-refractivity contribution in [2.75, 3.05) is 13.2 Å². The highest BCUT2D eigenvalue weighted by molar-refractivity contribution is 5.89. The number of rotatable bonds is 5. The molecule has 22 heavy (non-hydrogen) atoms. The second-order valence-electron chi connectivity index (χ2n) is 5.13. The summed E-state index contributed by atoms with van der Waals surface area (Å²) >= 11 is 0. The third kappa shape index (κ3) is 2.77. The molecule has 0 amide bonds. The van der Waals surface area contributed by atoms with E-state index in [0.29, 0.717) is 30.9 Å². The fourth-order valence-electron chi connectivity index (χ4n) is 2.66. The highest BCUT2D eigenvalue weighted by Crippen LogP contribution is 2.36. The molecule has 1 aliphatic heterocycles. The minimum atomic E-state index is -0.846. The van der Waals surface area contributed by atoms with Crippen molar-refractivity contribution in [1.29, 1.82) is 0 Å². The zero-order chi connectivity index (χ0) is 15.4. The number of esters is 1. The molecule has 1 aromatic heterocycles. The monoisotopic (exact) mass is 301 g/mol. The molecule has 1 fully saturated rings. The Morgan fingerprint density at radius 3 is 2.64 bits per heavy atom. The Morgan fingerprint density at radius 2 is 1.95 bits per heavy atom. The van der Waals surface area contributed by atoms with E-state index in [1.807, 2.05) is 43.3 Å².